The number of hydrogen-bond donors (Lipinski definition) is 2. The van der Waals surface area contributed by atoms with Crippen LogP contribution in [0.15, 0.2) is 84.9 Å². The standard InChI is InChI=1S/C31H20Cl3F3N2O3/c32-18-3-1-2-16(12-18)24-15-27(40)39-28(30(24)23-10-6-20(34)14-25(23)38-29(30)41)22-13-19(33)7-11-26(22)42-21-8-4-17(5-9-21)31(35,36)37/h1-14,24,28H,15H2,(H,38,41)(H,39,40). The Hall–Kier alpha value is -3.72. The molecule has 42 heavy (non-hydrogen) atoms. The van der Waals surface area contributed by atoms with Crippen molar-refractivity contribution in [1.82, 2.24) is 5.32 Å². The monoisotopic (exact) mass is 630 g/mol. The summed E-state index contributed by atoms with van der Waals surface area (Å²) < 4.78 is 45.5. The number of fused-ring (bicyclic) bond motifs is 2. The van der Waals surface area contributed by atoms with Crippen LogP contribution in [0.5, 0.6) is 11.5 Å². The molecule has 2 amide bonds. The van der Waals surface area contributed by atoms with Gasteiger partial charge in [0, 0.05) is 38.7 Å². The second-order valence-electron chi connectivity index (χ2n) is 10.1. The Balaban J connectivity index is 1.55. The molecule has 0 bridgehead atoms. The van der Waals surface area contributed by atoms with Crippen molar-refractivity contribution in [3.05, 3.63) is 122 Å². The van der Waals surface area contributed by atoms with Gasteiger partial charge in [-0.25, -0.2) is 0 Å². The Labute approximate surface area is 253 Å². The van der Waals surface area contributed by atoms with E-state index in [1.807, 2.05) is 6.07 Å². The molecule has 2 aliphatic rings. The number of amides is 2. The second-order valence-corrected chi connectivity index (χ2v) is 11.4. The van der Waals surface area contributed by atoms with Crippen LogP contribution in [0, 0.1) is 0 Å². The summed E-state index contributed by atoms with van der Waals surface area (Å²) in [5.74, 6) is -1.06. The maximum Gasteiger partial charge on any atom is 0.416 e. The fraction of sp³-hybridized carbons (Fsp3) is 0.161. The van der Waals surface area contributed by atoms with Gasteiger partial charge in [0.2, 0.25) is 11.8 Å². The molecular formula is C31H20Cl3F3N2O3. The van der Waals surface area contributed by atoms with Gasteiger partial charge in [0.1, 0.15) is 16.9 Å². The highest BCUT2D eigenvalue weighted by molar-refractivity contribution is 6.31. The molecule has 11 heteroatoms. The lowest BCUT2D eigenvalue weighted by Crippen LogP contribution is -2.56. The van der Waals surface area contributed by atoms with Crippen LogP contribution in [0.4, 0.5) is 18.9 Å². The molecule has 3 unspecified atom stereocenters. The molecular weight excluding hydrogens is 612 g/mol. The molecule has 2 heterocycles. The molecule has 214 valence electrons. The van der Waals surface area contributed by atoms with Crippen molar-refractivity contribution in [3.8, 4) is 11.5 Å². The molecule has 1 spiro atoms. The smallest absolute Gasteiger partial charge is 0.416 e. The molecule has 6 rings (SSSR count). The SMILES string of the molecule is O=C1CC(c2cccc(Cl)c2)C2(C(=O)Nc3cc(Cl)ccc32)C(c2cc(Cl)ccc2Oc2ccc(C(F)(F)F)cc2)N1. The molecule has 4 aromatic carbocycles. The van der Waals surface area contributed by atoms with Gasteiger partial charge in [-0.05, 0) is 77.9 Å². The Morgan fingerprint density at radius 3 is 2.24 bits per heavy atom. The van der Waals surface area contributed by atoms with Crippen molar-refractivity contribution in [2.45, 2.75) is 30.0 Å². The minimum Gasteiger partial charge on any atom is -0.457 e. The van der Waals surface area contributed by atoms with Crippen LogP contribution in [0.2, 0.25) is 15.1 Å². The molecule has 4 aromatic rings. The zero-order valence-electron chi connectivity index (χ0n) is 21.4. The van der Waals surface area contributed by atoms with Crippen molar-refractivity contribution >= 4 is 52.3 Å². The van der Waals surface area contributed by atoms with Crippen molar-refractivity contribution in [2.75, 3.05) is 5.32 Å². The zero-order chi connectivity index (χ0) is 29.8. The summed E-state index contributed by atoms with van der Waals surface area (Å²) in [5, 5.41) is 7.09. The molecule has 1 fully saturated rings. The maximum absolute atomic E-state index is 14.2. The summed E-state index contributed by atoms with van der Waals surface area (Å²) >= 11 is 19.1. The zero-order valence-corrected chi connectivity index (χ0v) is 23.7. The van der Waals surface area contributed by atoms with E-state index in [1.54, 1.807) is 54.6 Å². The van der Waals surface area contributed by atoms with Crippen LogP contribution in [-0.4, -0.2) is 11.8 Å². The molecule has 0 aromatic heterocycles. The van der Waals surface area contributed by atoms with Gasteiger partial charge >= 0.3 is 6.18 Å². The number of ether oxygens (including phenoxy) is 1. The minimum absolute atomic E-state index is 0.0258. The van der Waals surface area contributed by atoms with Crippen molar-refractivity contribution in [2.24, 2.45) is 0 Å². The van der Waals surface area contributed by atoms with Crippen LogP contribution in [-0.2, 0) is 21.2 Å². The number of hydrogen-bond acceptors (Lipinski definition) is 3. The normalized spacial score (nSPS) is 21.6. The van der Waals surface area contributed by atoms with Crippen molar-refractivity contribution in [3.63, 3.8) is 0 Å². The van der Waals surface area contributed by atoms with Gasteiger partial charge < -0.3 is 15.4 Å². The third-order valence-corrected chi connectivity index (χ3v) is 8.40. The van der Waals surface area contributed by atoms with Gasteiger partial charge in [-0.15, -0.1) is 0 Å². The first-order valence-electron chi connectivity index (χ1n) is 12.8. The average molecular weight is 632 g/mol. The van der Waals surface area contributed by atoms with E-state index in [-0.39, 0.29) is 29.7 Å². The number of anilines is 1. The predicted molar refractivity (Wildman–Crippen MR) is 154 cm³/mol. The number of carbonyl (C=O) groups excluding carboxylic acids is 2. The van der Waals surface area contributed by atoms with Crippen LogP contribution in [0.25, 0.3) is 0 Å². The summed E-state index contributed by atoms with van der Waals surface area (Å²) in [6.07, 6.45) is -4.54. The lowest BCUT2D eigenvalue weighted by molar-refractivity contribution is -0.137. The number of carbonyl (C=O) groups is 2. The lowest BCUT2D eigenvalue weighted by atomic mass is 9.59. The maximum atomic E-state index is 14.2. The van der Waals surface area contributed by atoms with Crippen LogP contribution >= 0.6 is 34.8 Å². The summed E-state index contributed by atoms with van der Waals surface area (Å²) in [6, 6.07) is 19.9. The average Bonchev–Trinajstić information content (AvgIpc) is 3.21. The Morgan fingerprint density at radius 1 is 0.833 bits per heavy atom. The van der Waals surface area contributed by atoms with E-state index in [9.17, 15) is 22.8 Å². The van der Waals surface area contributed by atoms with Gasteiger partial charge in [0.15, 0.2) is 0 Å². The van der Waals surface area contributed by atoms with E-state index in [0.717, 1.165) is 12.1 Å². The van der Waals surface area contributed by atoms with Crippen molar-refractivity contribution in [1.29, 1.82) is 0 Å². The highest BCUT2D eigenvalue weighted by Gasteiger charge is 2.61. The third kappa shape index (κ3) is 4.87. The number of halogens is 6. The summed E-state index contributed by atoms with van der Waals surface area (Å²) in [7, 11) is 0. The first kappa shape index (κ1) is 28.4. The van der Waals surface area contributed by atoms with E-state index < -0.39 is 29.1 Å². The molecule has 2 N–H and O–H groups in total. The van der Waals surface area contributed by atoms with E-state index >= 15 is 0 Å². The highest BCUT2D eigenvalue weighted by atomic mass is 35.5. The third-order valence-electron chi connectivity index (χ3n) is 7.69. The molecule has 1 saturated heterocycles. The van der Waals surface area contributed by atoms with Crippen LogP contribution < -0.4 is 15.4 Å². The number of nitrogens with one attached hydrogen (secondary N) is 2. The first-order valence-corrected chi connectivity index (χ1v) is 13.9. The first-order chi connectivity index (χ1) is 20.0. The van der Waals surface area contributed by atoms with Gasteiger partial charge in [-0.2, -0.15) is 13.2 Å². The number of alkyl halides is 3. The largest absolute Gasteiger partial charge is 0.457 e. The van der Waals surface area contributed by atoms with Gasteiger partial charge in [0.05, 0.1) is 11.6 Å². The molecule has 3 atom stereocenters. The Morgan fingerprint density at radius 2 is 1.52 bits per heavy atom. The quantitative estimate of drug-likeness (QED) is 0.237. The minimum atomic E-state index is -4.51. The summed E-state index contributed by atoms with van der Waals surface area (Å²) in [4.78, 5) is 27.6. The second kappa shape index (κ2) is 10.5. The summed E-state index contributed by atoms with van der Waals surface area (Å²) in [5.41, 5.74) is -0.0957. The van der Waals surface area contributed by atoms with E-state index in [0.29, 0.717) is 37.4 Å². The van der Waals surface area contributed by atoms with E-state index in [1.165, 1.54) is 12.1 Å². The number of rotatable bonds is 4. The highest BCUT2D eigenvalue weighted by Crippen LogP contribution is 2.59. The molecule has 0 saturated carbocycles. The topological polar surface area (TPSA) is 67.4 Å². The van der Waals surface area contributed by atoms with E-state index in [2.05, 4.69) is 10.6 Å². The molecule has 5 nitrogen and oxygen atoms in total. The van der Waals surface area contributed by atoms with Gasteiger partial charge in [-0.3, -0.25) is 9.59 Å². The fourth-order valence-corrected chi connectivity index (χ4v) is 6.50. The van der Waals surface area contributed by atoms with Crippen LogP contribution in [0.3, 0.4) is 0 Å². The van der Waals surface area contributed by atoms with Crippen LogP contribution in [0.1, 0.15) is 40.6 Å². The number of piperidine rings is 1. The lowest BCUT2D eigenvalue weighted by Gasteiger charge is -2.46. The van der Waals surface area contributed by atoms with Gasteiger partial charge in [-0.1, -0.05) is 53.0 Å². The molecule has 0 aliphatic carbocycles. The fourth-order valence-electron chi connectivity index (χ4n) is 5.95. The Bertz CT molecular complexity index is 1730. The Kier molecular flexibility index (Phi) is 7.12. The van der Waals surface area contributed by atoms with E-state index in [4.69, 9.17) is 39.5 Å². The predicted octanol–water partition coefficient (Wildman–Crippen LogP) is 8.69. The molecule has 0 radical (unpaired) electrons. The van der Waals surface area contributed by atoms with Crippen molar-refractivity contribution < 1.29 is 27.5 Å². The number of benzene rings is 4. The molecule has 2 aliphatic heterocycles. The summed E-state index contributed by atoms with van der Waals surface area (Å²) in [6.45, 7) is 0. The van der Waals surface area contributed by atoms with Gasteiger partial charge in [0.25, 0.3) is 0 Å².